The third-order valence-electron chi connectivity index (χ3n) is 8.54. The summed E-state index contributed by atoms with van der Waals surface area (Å²) in [6, 6.07) is 11.5. The average Bonchev–Trinajstić information content (AvgIpc) is 3.77. The summed E-state index contributed by atoms with van der Waals surface area (Å²) in [5.41, 5.74) is 1.28. The number of rotatable bonds is 13. The Morgan fingerprint density at radius 1 is 0.682 bits per heavy atom. The van der Waals surface area contributed by atoms with Gasteiger partial charge in [0.2, 0.25) is 0 Å². The van der Waals surface area contributed by atoms with E-state index in [-0.39, 0.29) is 45.9 Å². The number of hydrogen-bond acceptors (Lipinski definition) is 8. The second-order valence-electron chi connectivity index (χ2n) is 11.3. The summed E-state index contributed by atoms with van der Waals surface area (Å²) in [6.07, 6.45) is 8.03. The Kier molecular flexibility index (Phi) is 10.8. The molecule has 226 valence electrons. The predicted molar refractivity (Wildman–Crippen MR) is 175 cm³/mol. The number of nitriles is 4. The van der Waals surface area contributed by atoms with Crippen molar-refractivity contribution in [3.63, 3.8) is 0 Å². The standard InChI is InChI=1S/C34H36N6O2S2/c1-5-9-11-21(7-3)19-39-25-13-27(43-31(25)29(33(39)41)23(15-35)16-36)28-14-26-32(44-28)30(24(17-37)18-38)34(42)40(26)20-22(8-4)12-10-6-2/h13-14,21-22H,5-12,19-20H2,1-4H3. The lowest BCUT2D eigenvalue weighted by Crippen LogP contribution is -2.32. The highest BCUT2D eigenvalue weighted by atomic mass is 32.1. The van der Waals surface area contributed by atoms with Gasteiger partial charge in [-0.05, 0) is 36.8 Å². The Balaban J connectivity index is 1.82. The summed E-state index contributed by atoms with van der Waals surface area (Å²) in [4.78, 5) is 33.5. The predicted octanol–water partition coefficient (Wildman–Crippen LogP) is 8.20. The van der Waals surface area contributed by atoms with E-state index in [0.29, 0.717) is 34.2 Å². The molecule has 2 aliphatic rings. The molecule has 0 bridgehead atoms. The van der Waals surface area contributed by atoms with Gasteiger partial charge in [0.1, 0.15) is 35.4 Å². The Bertz CT molecular complexity index is 1530. The molecule has 0 aliphatic carbocycles. The number of anilines is 2. The van der Waals surface area contributed by atoms with Crippen LogP contribution >= 0.6 is 22.7 Å². The monoisotopic (exact) mass is 624 g/mol. The molecular weight excluding hydrogens is 589 g/mol. The van der Waals surface area contributed by atoms with E-state index in [4.69, 9.17) is 0 Å². The Morgan fingerprint density at radius 2 is 1.05 bits per heavy atom. The van der Waals surface area contributed by atoms with Crippen LogP contribution in [0.25, 0.3) is 20.9 Å². The van der Waals surface area contributed by atoms with Gasteiger partial charge < -0.3 is 9.80 Å². The number of unbranched alkanes of at least 4 members (excludes halogenated alkanes) is 2. The molecule has 0 saturated carbocycles. The first-order valence-corrected chi connectivity index (χ1v) is 17.0. The minimum absolute atomic E-state index is 0.144. The zero-order chi connectivity index (χ0) is 32.0. The van der Waals surface area contributed by atoms with Gasteiger partial charge in [-0.2, -0.15) is 21.0 Å². The number of allylic oxidation sites excluding steroid dienone is 2. The van der Waals surface area contributed by atoms with E-state index in [0.717, 1.165) is 61.1 Å². The fourth-order valence-electron chi connectivity index (χ4n) is 5.88. The van der Waals surface area contributed by atoms with Crippen molar-refractivity contribution in [3.05, 3.63) is 33.0 Å². The second kappa shape index (κ2) is 14.5. The van der Waals surface area contributed by atoms with Gasteiger partial charge in [0.05, 0.1) is 32.3 Å². The van der Waals surface area contributed by atoms with Crippen molar-refractivity contribution < 1.29 is 9.59 Å². The molecule has 2 unspecified atom stereocenters. The molecule has 0 N–H and O–H groups in total. The van der Waals surface area contributed by atoms with Crippen molar-refractivity contribution in [1.29, 1.82) is 21.0 Å². The lowest BCUT2D eigenvalue weighted by molar-refractivity contribution is -0.113. The van der Waals surface area contributed by atoms with Crippen LogP contribution in [0.1, 0.15) is 88.8 Å². The molecule has 2 atom stereocenters. The number of amides is 2. The maximum Gasteiger partial charge on any atom is 0.261 e. The van der Waals surface area contributed by atoms with Gasteiger partial charge in [-0.3, -0.25) is 9.59 Å². The van der Waals surface area contributed by atoms with Crippen LogP contribution in [0, 0.1) is 57.2 Å². The van der Waals surface area contributed by atoms with Gasteiger partial charge in [-0.25, -0.2) is 0 Å². The molecule has 4 heterocycles. The lowest BCUT2D eigenvalue weighted by atomic mass is 9.98. The third-order valence-corrected chi connectivity index (χ3v) is 11.0. The van der Waals surface area contributed by atoms with E-state index in [2.05, 4.69) is 27.7 Å². The summed E-state index contributed by atoms with van der Waals surface area (Å²) < 4.78 is 0. The normalized spacial score (nSPS) is 14.9. The van der Waals surface area contributed by atoms with Crippen molar-refractivity contribution >= 4 is 57.0 Å². The maximum atomic E-state index is 13.6. The quantitative estimate of drug-likeness (QED) is 0.163. The van der Waals surface area contributed by atoms with Crippen molar-refractivity contribution in [2.75, 3.05) is 22.9 Å². The fourth-order valence-corrected chi connectivity index (χ4v) is 8.36. The largest absolute Gasteiger partial charge is 0.306 e. The number of fused-ring (bicyclic) bond motifs is 2. The molecule has 2 aromatic heterocycles. The molecule has 4 rings (SSSR count). The number of carbonyl (C=O) groups is 2. The van der Waals surface area contributed by atoms with Gasteiger partial charge in [-0.15, -0.1) is 22.7 Å². The third kappa shape index (κ3) is 6.07. The van der Waals surface area contributed by atoms with Crippen LogP contribution in [-0.4, -0.2) is 24.9 Å². The molecule has 0 saturated heterocycles. The summed E-state index contributed by atoms with van der Waals surface area (Å²) >= 11 is 2.70. The summed E-state index contributed by atoms with van der Waals surface area (Å²) in [5, 5.41) is 38.8. The smallest absolute Gasteiger partial charge is 0.261 e. The first-order chi connectivity index (χ1) is 21.3. The molecule has 2 aromatic rings. The molecule has 2 amide bonds. The van der Waals surface area contributed by atoms with Crippen LogP contribution in [0.2, 0.25) is 0 Å². The average molecular weight is 625 g/mol. The highest BCUT2D eigenvalue weighted by Crippen LogP contribution is 2.53. The minimum atomic E-state index is -0.313. The van der Waals surface area contributed by atoms with Crippen molar-refractivity contribution in [2.24, 2.45) is 11.8 Å². The summed E-state index contributed by atoms with van der Waals surface area (Å²) in [6.45, 7) is 9.52. The van der Waals surface area contributed by atoms with E-state index < -0.39 is 0 Å². The van der Waals surface area contributed by atoms with E-state index in [1.165, 1.54) is 22.7 Å². The summed E-state index contributed by atoms with van der Waals surface area (Å²) in [7, 11) is 0. The second-order valence-corrected chi connectivity index (χ2v) is 13.4. The minimum Gasteiger partial charge on any atom is -0.306 e. The number of nitrogens with zero attached hydrogens (tertiary/aromatic N) is 6. The van der Waals surface area contributed by atoms with Gasteiger partial charge >= 0.3 is 0 Å². The SMILES string of the molecule is CCCCC(CC)CN1C(=O)C(=C(C#N)C#N)c2sc(-c3cc4c(s3)C(=C(C#N)C#N)C(=O)N4CC(CC)CCCC)cc21. The molecule has 10 heteroatoms. The molecule has 2 aliphatic heterocycles. The van der Waals surface area contributed by atoms with Crippen LogP contribution in [-0.2, 0) is 9.59 Å². The molecule has 0 radical (unpaired) electrons. The summed E-state index contributed by atoms with van der Waals surface area (Å²) in [5.74, 6) is -0.0530. The van der Waals surface area contributed by atoms with Crippen LogP contribution in [0.5, 0.6) is 0 Å². The van der Waals surface area contributed by atoms with Gasteiger partial charge in [0.25, 0.3) is 11.8 Å². The first-order valence-electron chi connectivity index (χ1n) is 15.3. The van der Waals surface area contributed by atoms with Crippen molar-refractivity contribution in [3.8, 4) is 34.0 Å². The topological polar surface area (TPSA) is 136 Å². The van der Waals surface area contributed by atoms with E-state index >= 15 is 0 Å². The Hall–Kier alpha value is -4.22. The zero-order valence-electron chi connectivity index (χ0n) is 25.7. The van der Waals surface area contributed by atoms with Crippen LogP contribution in [0.3, 0.4) is 0 Å². The lowest BCUT2D eigenvalue weighted by Gasteiger charge is -2.23. The molecule has 8 nitrogen and oxygen atoms in total. The molecule has 0 aromatic carbocycles. The van der Waals surface area contributed by atoms with Crippen LogP contribution in [0.4, 0.5) is 11.4 Å². The van der Waals surface area contributed by atoms with Gasteiger partial charge in [0.15, 0.2) is 0 Å². The number of thiophene rings is 2. The van der Waals surface area contributed by atoms with Crippen LogP contribution < -0.4 is 9.80 Å². The molecule has 44 heavy (non-hydrogen) atoms. The maximum absolute atomic E-state index is 13.6. The number of hydrogen-bond donors (Lipinski definition) is 0. The first kappa shape index (κ1) is 32.7. The molecule has 0 spiro atoms. The molecular formula is C34H36N6O2S2. The fraction of sp³-hybridized carbons (Fsp3) is 0.471. The highest BCUT2D eigenvalue weighted by molar-refractivity contribution is 7.24. The van der Waals surface area contributed by atoms with Gasteiger partial charge in [-0.1, -0.05) is 66.2 Å². The van der Waals surface area contributed by atoms with E-state index in [1.807, 2.05) is 36.4 Å². The van der Waals surface area contributed by atoms with Gasteiger partial charge in [0, 0.05) is 22.8 Å². The Morgan fingerprint density at radius 3 is 1.34 bits per heavy atom. The highest BCUT2D eigenvalue weighted by Gasteiger charge is 2.41. The van der Waals surface area contributed by atoms with Crippen molar-refractivity contribution in [2.45, 2.75) is 79.1 Å². The Labute approximate surface area is 267 Å². The zero-order valence-corrected chi connectivity index (χ0v) is 27.3. The van der Waals surface area contributed by atoms with E-state index in [1.54, 1.807) is 9.80 Å². The molecule has 0 fully saturated rings. The van der Waals surface area contributed by atoms with Crippen LogP contribution in [0.15, 0.2) is 23.3 Å². The van der Waals surface area contributed by atoms with Crippen molar-refractivity contribution in [1.82, 2.24) is 0 Å². The number of carbonyl (C=O) groups excluding carboxylic acids is 2. The van der Waals surface area contributed by atoms with E-state index in [9.17, 15) is 30.6 Å².